The number of allylic oxidation sites excluding steroid dienone is 3. The molecule has 7 nitrogen and oxygen atoms in total. The second-order valence-corrected chi connectivity index (χ2v) is 8.47. The van der Waals surface area contributed by atoms with Gasteiger partial charge in [-0.2, -0.15) is 5.10 Å². The third kappa shape index (κ3) is 4.36. The van der Waals surface area contributed by atoms with Gasteiger partial charge in [-0.25, -0.2) is 4.68 Å². The number of aliphatic imine (C=N–C) groups is 1. The standard InChI is InChI=1S/C23H28N4O3/c1-15(2)19-10-21-23(29)27(25-22(14-30-3)26(21)12-19)13-20(28)5-4-16-6-7-24-11-18-9-17(18)8-16/h6-7,10-12,15,17H,4-5,8-9,13-14H2,1-3H3/b16-6-,18-11+,24-7+. The lowest BCUT2D eigenvalue weighted by molar-refractivity contribution is -0.119. The van der Waals surface area contributed by atoms with Gasteiger partial charge >= 0.3 is 0 Å². The minimum atomic E-state index is -0.250. The SMILES string of the molecule is COCc1nn(CC(=O)CC/C2=C/C=N/C=C3\CC3C2)c(=O)c2cc(C(C)C)cn12. The van der Waals surface area contributed by atoms with Gasteiger partial charge in [0.05, 0.1) is 0 Å². The molecule has 1 unspecified atom stereocenters. The van der Waals surface area contributed by atoms with E-state index >= 15 is 0 Å². The van der Waals surface area contributed by atoms with Gasteiger partial charge in [-0.15, -0.1) is 0 Å². The van der Waals surface area contributed by atoms with Crippen molar-refractivity contribution < 1.29 is 9.53 Å². The molecule has 1 atom stereocenters. The van der Waals surface area contributed by atoms with Crippen molar-refractivity contribution in [2.45, 2.75) is 58.6 Å². The number of hydrogen-bond donors (Lipinski definition) is 0. The van der Waals surface area contributed by atoms with Crippen LogP contribution in [0.2, 0.25) is 0 Å². The summed E-state index contributed by atoms with van der Waals surface area (Å²) < 4.78 is 8.32. The zero-order valence-corrected chi connectivity index (χ0v) is 17.8. The Morgan fingerprint density at radius 2 is 2.17 bits per heavy atom. The minimum absolute atomic E-state index is 0.000540. The van der Waals surface area contributed by atoms with Crippen molar-refractivity contribution in [3.63, 3.8) is 0 Å². The van der Waals surface area contributed by atoms with E-state index in [4.69, 9.17) is 4.74 Å². The second kappa shape index (κ2) is 8.52. The van der Waals surface area contributed by atoms with Gasteiger partial charge in [0.25, 0.3) is 5.56 Å². The Morgan fingerprint density at radius 3 is 2.93 bits per heavy atom. The quantitative estimate of drug-likeness (QED) is 0.671. The summed E-state index contributed by atoms with van der Waals surface area (Å²) in [6.07, 6.45) is 10.9. The number of aromatic nitrogens is 3. The second-order valence-electron chi connectivity index (χ2n) is 8.47. The van der Waals surface area contributed by atoms with Crippen LogP contribution in [0.25, 0.3) is 5.52 Å². The zero-order valence-electron chi connectivity index (χ0n) is 17.8. The summed E-state index contributed by atoms with van der Waals surface area (Å²) in [4.78, 5) is 29.9. The van der Waals surface area contributed by atoms with E-state index in [0.717, 1.165) is 18.4 Å². The van der Waals surface area contributed by atoms with Crippen LogP contribution in [0.3, 0.4) is 0 Å². The molecule has 0 aromatic carbocycles. The highest BCUT2D eigenvalue weighted by Gasteiger charge is 2.30. The lowest BCUT2D eigenvalue weighted by Crippen LogP contribution is -2.30. The van der Waals surface area contributed by atoms with Crippen LogP contribution >= 0.6 is 0 Å². The predicted octanol–water partition coefficient (Wildman–Crippen LogP) is 3.42. The molecule has 0 amide bonds. The lowest BCUT2D eigenvalue weighted by atomic mass is 10.0. The molecule has 1 aliphatic carbocycles. The van der Waals surface area contributed by atoms with E-state index in [9.17, 15) is 9.59 Å². The maximum atomic E-state index is 12.9. The molecule has 7 heteroatoms. The molecule has 0 bridgehead atoms. The van der Waals surface area contributed by atoms with E-state index in [-0.39, 0.29) is 30.4 Å². The highest BCUT2D eigenvalue weighted by atomic mass is 16.5. The summed E-state index contributed by atoms with van der Waals surface area (Å²) >= 11 is 0. The summed E-state index contributed by atoms with van der Waals surface area (Å²) in [5.74, 6) is 1.49. The molecule has 2 aromatic rings. The Morgan fingerprint density at radius 1 is 1.33 bits per heavy atom. The first-order valence-corrected chi connectivity index (χ1v) is 10.5. The van der Waals surface area contributed by atoms with Gasteiger partial charge in [-0.1, -0.05) is 19.4 Å². The Kier molecular flexibility index (Phi) is 5.81. The van der Waals surface area contributed by atoms with E-state index < -0.39 is 0 Å². The molecule has 2 aliphatic rings. The van der Waals surface area contributed by atoms with E-state index in [0.29, 0.717) is 30.1 Å². The van der Waals surface area contributed by atoms with Crippen LogP contribution in [0.5, 0.6) is 0 Å². The van der Waals surface area contributed by atoms with Gasteiger partial charge in [0, 0.05) is 32.1 Å². The summed E-state index contributed by atoms with van der Waals surface area (Å²) in [5, 5.41) is 4.42. The highest BCUT2D eigenvalue weighted by molar-refractivity contribution is 5.79. The first kappa shape index (κ1) is 20.5. The summed E-state index contributed by atoms with van der Waals surface area (Å²) in [6, 6.07) is 1.88. The number of hydrogen-bond acceptors (Lipinski definition) is 5. The van der Waals surface area contributed by atoms with Gasteiger partial charge in [0.2, 0.25) is 0 Å². The molecule has 0 radical (unpaired) electrons. The molecule has 0 spiro atoms. The van der Waals surface area contributed by atoms with Gasteiger partial charge in [0.1, 0.15) is 18.7 Å². The molecule has 4 rings (SSSR count). The van der Waals surface area contributed by atoms with Crippen molar-refractivity contribution >= 4 is 17.5 Å². The van der Waals surface area contributed by atoms with Crippen LogP contribution in [0, 0.1) is 5.92 Å². The number of Topliss-reactive ketones (excluding diaryl/α,β-unsaturated/α-hetero) is 1. The highest BCUT2D eigenvalue weighted by Crippen LogP contribution is 2.43. The molecule has 0 N–H and O–H groups in total. The zero-order chi connectivity index (χ0) is 21.3. The van der Waals surface area contributed by atoms with Crippen molar-refractivity contribution in [3.05, 3.63) is 57.4 Å². The largest absolute Gasteiger partial charge is 0.377 e. The summed E-state index contributed by atoms with van der Waals surface area (Å²) in [5.41, 5.74) is 3.97. The lowest BCUT2D eigenvalue weighted by Gasteiger charge is -2.10. The third-order valence-corrected chi connectivity index (χ3v) is 5.79. The van der Waals surface area contributed by atoms with E-state index in [1.807, 2.05) is 24.5 Å². The van der Waals surface area contributed by atoms with Crippen molar-refractivity contribution in [2.24, 2.45) is 10.9 Å². The number of carbonyl (C=O) groups is 1. The molecular formula is C23H28N4O3. The number of ketones is 1. The normalized spacial score (nSPS) is 22.6. The Balaban J connectivity index is 1.50. The van der Waals surface area contributed by atoms with Gasteiger partial charge < -0.3 is 4.74 Å². The summed E-state index contributed by atoms with van der Waals surface area (Å²) in [7, 11) is 1.59. The maximum Gasteiger partial charge on any atom is 0.291 e. The molecule has 0 saturated heterocycles. The van der Waals surface area contributed by atoms with Gasteiger partial charge in [0.15, 0.2) is 11.6 Å². The average Bonchev–Trinajstić information content (AvgIpc) is 3.24. The van der Waals surface area contributed by atoms with Crippen molar-refractivity contribution in [2.75, 3.05) is 7.11 Å². The number of rotatable bonds is 8. The summed E-state index contributed by atoms with van der Waals surface area (Å²) in [6.45, 7) is 4.40. The number of carbonyl (C=O) groups excluding carboxylic acids is 1. The van der Waals surface area contributed by atoms with Crippen molar-refractivity contribution in [1.82, 2.24) is 14.2 Å². The molecule has 1 saturated carbocycles. The van der Waals surface area contributed by atoms with Gasteiger partial charge in [-0.3, -0.25) is 19.0 Å². The molecule has 1 fully saturated rings. The van der Waals surface area contributed by atoms with Crippen LogP contribution < -0.4 is 5.56 Å². The van der Waals surface area contributed by atoms with E-state index in [1.54, 1.807) is 17.7 Å². The van der Waals surface area contributed by atoms with Crippen molar-refractivity contribution in [3.8, 4) is 0 Å². The van der Waals surface area contributed by atoms with Crippen LogP contribution in [-0.2, 0) is 22.7 Å². The minimum Gasteiger partial charge on any atom is -0.377 e. The topological polar surface area (TPSA) is 78.0 Å². The van der Waals surface area contributed by atoms with Crippen molar-refractivity contribution in [1.29, 1.82) is 0 Å². The molecular weight excluding hydrogens is 380 g/mol. The molecule has 1 aliphatic heterocycles. The van der Waals surface area contributed by atoms with Crippen LogP contribution in [0.1, 0.15) is 56.8 Å². The van der Waals surface area contributed by atoms with Crippen LogP contribution in [-0.4, -0.2) is 33.3 Å². The Bertz CT molecular complexity index is 1120. The molecule has 30 heavy (non-hydrogen) atoms. The van der Waals surface area contributed by atoms with E-state index in [1.165, 1.54) is 15.8 Å². The average molecular weight is 409 g/mol. The number of nitrogens with zero attached hydrogens (tertiary/aromatic N) is 4. The molecule has 158 valence electrons. The Labute approximate surface area is 175 Å². The fraction of sp³-hybridized carbons (Fsp3) is 0.478. The first-order valence-electron chi connectivity index (χ1n) is 10.5. The van der Waals surface area contributed by atoms with E-state index in [2.05, 4.69) is 23.9 Å². The van der Waals surface area contributed by atoms with Crippen LogP contribution in [0.15, 0.2) is 45.5 Å². The smallest absolute Gasteiger partial charge is 0.291 e. The number of ether oxygens (including phenoxy) is 1. The monoisotopic (exact) mass is 408 g/mol. The number of fused-ring (bicyclic) bond motifs is 2. The Hall–Kier alpha value is -2.80. The number of methoxy groups -OCH3 is 1. The maximum absolute atomic E-state index is 12.9. The fourth-order valence-corrected chi connectivity index (χ4v) is 3.87. The third-order valence-electron chi connectivity index (χ3n) is 5.79. The van der Waals surface area contributed by atoms with Crippen LogP contribution in [0.4, 0.5) is 0 Å². The molecule has 2 aromatic heterocycles. The fourth-order valence-electron chi connectivity index (χ4n) is 3.87. The van der Waals surface area contributed by atoms with Gasteiger partial charge in [-0.05, 0) is 54.4 Å². The first-order chi connectivity index (χ1) is 14.5. The molecule has 3 heterocycles. The predicted molar refractivity (Wildman–Crippen MR) is 116 cm³/mol.